The molecule has 1 aromatic rings. The molecule has 1 aromatic carbocycles. The lowest BCUT2D eigenvalue weighted by Crippen LogP contribution is -2.43. The monoisotopic (exact) mass is 309 g/mol. The predicted molar refractivity (Wildman–Crippen MR) is 75.5 cm³/mol. The van der Waals surface area contributed by atoms with Crippen LogP contribution in [0.1, 0.15) is 19.3 Å². The van der Waals surface area contributed by atoms with Crippen LogP contribution in [-0.4, -0.2) is 23.2 Å². The second kappa shape index (κ2) is 5.67. The van der Waals surface area contributed by atoms with E-state index in [1.165, 1.54) is 6.08 Å². The van der Waals surface area contributed by atoms with Crippen molar-refractivity contribution < 1.29 is 9.90 Å². The summed E-state index contributed by atoms with van der Waals surface area (Å²) in [6.07, 6.45) is 3.38. The fraction of sp³-hybridized carbons (Fsp3) is 0.357. The van der Waals surface area contributed by atoms with Gasteiger partial charge in [-0.3, -0.25) is 4.79 Å². The van der Waals surface area contributed by atoms with Gasteiger partial charge in [0.25, 0.3) is 5.91 Å². The van der Waals surface area contributed by atoms with Gasteiger partial charge < -0.3 is 10.0 Å². The van der Waals surface area contributed by atoms with E-state index in [1.807, 2.05) is 24.3 Å². The summed E-state index contributed by atoms with van der Waals surface area (Å²) in [6, 6.07) is 7.38. The Morgan fingerprint density at radius 2 is 2.06 bits per heavy atom. The van der Waals surface area contributed by atoms with Crippen molar-refractivity contribution in [3.63, 3.8) is 0 Å². The van der Waals surface area contributed by atoms with Gasteiger partial charge in [0.05, 0.1) is 12.1 Å². The number of hydrogen-bond donors (Lipinski definition) is 1. The van der Waals surface area contributed by atoms with Gasteiger partial charge in [-0.2, -0.15) is 0 Å². The molecule has 2 atom stereocenters. The molecule has 96 valence electrons. The first kappa shape index (κ1) is 13.3. The molecule has 0 aliphatic heterocycles. The third-order valence-corrected chi connectivity index (χ3v) is 3.82. The molecule has 0 bridgehead atoms. The third-order valence-electron chi connectivity index (χ3n) is 3.29. The van der Waals surface area contributed by atoms with Crippen molar-refractivity contribution in [2.24, 2.45) is 0 Å². The standard InChI is InChI=1S/C14H16BrNO2/c1-2-14(18)16(12-4-3-5-13(12)17)11-8-6-10(15)7-9-11/h2,6-9,12-13,17H,1,3-5H2. The van der Waals surface area contributed by atoms with Crippen LogP contribution < -0.4 is 4.90 Å². The van der Waals surface area contributed by atoms with Crippen LogP contribution in [0.15, 0.2) is 41.4 Å². The van der Waals surface area contributed by atoms with E-state index < -0.39 is 6.10 Å². The van der Waals surface area contributed by atoms with Crippen LogP contribution in [0.5, 0.6) is 0 Å². The maximum absolute atomic E-state index is 12.0. The maximum Gasteiger partial charge on any atom is 0.250 e. The fourth-order valence-electron chi connectivity index (χ4n) is 2.40. The van der Waals surface area contributed by atoms with Crippen molar-refractivity contribution in [2.75, 3.05) is 4.90 Å². The molecule has 0 saturated heterocycles. The van der Waals surface area contributed by atoms with E-state index in [0.717, 1.165) is 29.4 Å². The van der Waals surface area contributed by atoms with E-state index in [9.17, 15) is 9.90 Å². The molecule has 1 amide bonds. The summed E-state index contributed by atoms with van der Waals surface area (Å²) in [4.78, 5) is 13.7. The van der Waals surface area contributed by atoms with Crippen molar-refractivity contribution in [3.8, 4) is 0 Å². The molecular weight excluding hydrogens is 294 g/mol. The number of aliphatic hydroxyl groups is 1. The average Bonchev–Trinajstić information content (AvgIpc) is 2.78. The smallest absolute Gasteiger partial charge is 0.250 e. The Balaban J connectivity index is 2.33. The third kappa shape index (κ3) is 2.65. The number of rotatable bonds is 3. The van der Waals surface area contributed by atoms with Crippen LogP contribution in [0.2, 0.25) is 0 Å². The zero-order valence-electron chi connectivity index (χ0n) is 10.1. The molecule has 3 nitrogen and oxygen atoms in total. The average molecular weight is 310 g/mol. The van der Waals surface area contributed by atoms with E-state index in [-0.39, 0.29) is 11.9 Å². The summed E-state index contributed by atoms with van der Waals surface area (Å²) in [5.41, 5.74) is 0.800. The summed E-state index contributed by atoms with van der Waals surface area (Å²) in [7, 11) is 0. The SMILES string of the molecule is C=CC(=O)N(c1ccc(Br)cc1)C1CCCC1O. The molecular formula is C14H16BrNO2. The van der Waals surface area contributed by atoms with Gasteiger partial charge in [-0.05, 0) is 49.6 Å². The number of carbonyl (C=O) groups excluding carboxylic acids is 1. The lowest BCUT2D eigenvalue weighted by atomic mass is 10.1. The molecule has 0 radical (unpaired) electrons. The van der Waals surface area contributed by atoms with E-state index in [1.54, 1.807) is 4.90 Å². The number of anilines is 1. The Morgan fingerprint density at radius 1 is 1.39 bits per heavy atom. The minimum absolute atomic E-state index is 0.142. The number of aliphatic hydroxyl groups excluding tert-OH is 1. The number of nitrogens with zero attached hydrogens (tertiary/aromatic N) is 1. The second-order valence-corrected chi connectivity index (χ2v) is 5.37. The minimum Gasteiger partial charge on any atom is -0.391 e. The molecule has 0 heterocycles. The highest BCUT2D eigenvalue weighted by atomic mass is 79.9. The molecule has 0 spiro atoms. The van der Waals surface area contributed by atoms with E-state index >= 15 is 0 Å². The zero-order valence-corrected chi connectivity index (χ0v) is 11.6. The summed E-state index contributed by atoms with van der Waals surface area (Å²) >= 11 is 3.37. The summed E-state index contributed by atoms with van der Waals surface area (Å²) < 4.78 is 0.962. The minimum atomic E-state index is -0.447. The summed E-state index contributed by atoms with van der Waals surface area (Å²) in [5, 5.41) is 9.98. The number of hydrogen-bond acceptors (Lipinski definition) is 2. The van der Waals surface area contributed by atoms with E-state index in [2.05, 4.69) is 22.5 Å². The largest absolute Gasteiger partial charge is 0.391 e. The molecule has 4 heteroatoms. The lowest BCUT2D eigenvalue weighted by molar-refractivity contribution is -0.115. The van der Waals surface area contributed by atoms with Crippen molar-refractivity contribution in [1.29, 1.82) is 0 Å². The van der Waals surface area contributed by atoms with E-state index in [0.29, 0.717) is 0 Å². The molecule has 1 saturated carbocycles. The number of halogens is 1. The molecule has 1 aliphatic rings. The van der Waals surface area contributed by atoms with Crippen molar-refractivity contribution in [2.45, 2.75) is 31.4 Å². The molecule has 2 rings (SSSR count). The predicted octanol–water partition coefficient (Wildman–Crippen LogP) is 2.88. The number of amides is 1. The topological polar surface area (TPSA) is 40.5 Å². The summed E-state index contributed by atoms with van der Waals surface area (Å²) in [6.45, 7) is 3.54. The van der Waals surface area contributed by atoms with Gasteiger partial charge in [0, 0.05) is 10.2 Å². The Hall–Kier alpha value is -1.13. The molecule has 1 aliphatic carbocycles. The van der Waals surface area contributed by atoms with Crippen LogP contribution in [0.4, 0.5) is 5.69 Å². The van der Waals surface area contributed by atoms with Crippen LogP contribution in [0.3, 0.4) is 0 Å². The second-order valence-electron chi connectivity index (χ2n) is 4.45. The van der Waals surface area contributed by atoms with E-state index in [4.69, 9.17) is 0 Å². The number of benzene rings is 1. The molecule has 1 N–H and O–H groups in total. The van der Waals surface area contributed by atoms with Gasteiger partial charge in [-0.15, -0.1) is 0 Å². The van der Waals surface area contributed by atoms with Crippen LogP contribution in [0, 0.1) is 0 Å². The molecule has 2 unspecified atom stereocenters. The quantitative estimate of drug-likeness (QED) is 0.872. The van der Waals surface area contributed by atoms with Gasteiger partial charge in [-0.1, -0.05) is 22.5 Å². The van der Waals surface area contributed by atoms with Gasteiger partial charge in [-0.25, -0.2) is 0 Å². The van der Waals surface area contributed by atoms with Gasteiger partial charge >= 0.3 is 0 Å². The highest BCUT2D eigenvalue weighted by molar-refractivity contribution is 9.10. The molecule has 0 aromatic heterocycles. The highest BCUT2D eigenvalue weighted by Crippen LogP contribution is 2.29. The molecule has 18 heavy (non-hydrogen) atoms. The Bertz CT molecular complexity index is 444. The Morgan fingerprint density at radius 3 is 2.56 bits per heavy atom. The summed E-state index contributed by atoms with van der Waals surface area (Å²) in [5.74, 6) is -0.164. The van der Waals surface area contributed by atoms with Crippen molar-refractivity contribution >= 4 is 27.5 Å². The Labute approximate surface area is 115 Å². The first-order valence-electron chi connectivity index (χ1n) is 6.02. The highest BCUT2D eigenvalue weighted by Gasteiger charge is 2.33. The normalized spacial score (nSPS) is 22.8. The Kier molecular flexibility index (Phi) is 4.19. The maximum atomic E-state index is 12.0. The van der Waals surface area contributed by atoms with Crippen LogP contribution in [-0.2, 0) is 4.79 Å². The van der Waals surface area contributed by atoms with Crippen molar-refractivity contribution in [3.05, 3.63) is 41.4 Å². The first-order chi connectivity index (χ1) is 8.63. The molecule has 1 fully saturated rings. The van der Waals surface area contributed by atoms with Crippen LogP contribution in [0.25, 0.3) is 0 Å². The van der Waals surface area contributed by atoms with Gasteiger partial charge in [0.15, 0.2) is 0 Å². The van der Waals surface area contributed by atoms with Gasteiger partial charge in [0.2, 0.25) is 0 Å². The van der Waals surface area contributed by atoms with Gasteiger partial charge in [0.1, 0.15) is 0 Å². The number of carbonyl (C=O) groups is 1. The fourth-order valence-corrected chi connectivity index (χ4v) is 2.67. The van der Waals surface area contributed by atoms with Crippen molar-refractivity contribution in [1.82, 2.24) is 0 Å². The lowest BCUT2D eigenvalue weighted by Gasteiger charge is -2.30. The zero-order chi connectivity index (χ0) is 13.1. The van der Waals surface area contributed by atoms with Crippen LogP contribution >= 0.6 is 15.9 Å². The first-order valence-corrected chi connectivity index (χ1v) is 6.82.